The zero-order chi connectivity index (χ0) is 11.7. The van der Waals surface area contributed by atoms with Crippen LogP contribution in [0, 0.1) is 5.92 Å². The molecule has 1 aliphatic rings. The third-order valence-corrected chi connectivity index (χ3v) is 1.79. The van der Waals surface area contributed by atoms with Gasteiger partial charge in [-0.25, -0.2) is 4.79 Å². The first kappa shape index (κ1) is 9.49. The van der Waals surface area contributed by atoms with E-state index < -0.39 is 17.7 Å². The summed E-state index contributed by atoms with van der Waals surface area (Å²) in [5.41, 5.74) is -0.614. The van der Waals surface area contributed by atoms with Gasteiger partial charge >= 0.3 is 6.09 Å². The van der Waals surface area contributed by atoms with Crippen molar-refractivity contribution in [2.24, 2.45) is 5.92 Å². The number of carbonyl (C=O) groups is 2. The van der Waals surface area contributed by atoms with Crippen LogP contribution in [0.1, 0.15) is 35.0 Å². The second-order valence-electron chi connectivity index (χ2n) is 4.47. The van der Waals surface area contributed by atoms with Gasteiger partial charge < -0.3 is 14.8 Å². The number of aldehydes is 1. The van der Waals surface area contributed by atoms with Crippen molar-refractivity contribution in [3.63, 3.8) is 0 Å². The van der Waals surface area contributed by atoms with Crippen LogP contribution in [0.25, 0.3) is 0 Å². The number of rotatable bonds is 3. The average molecular weight is 200 g/mol. The van der Waals surface area contributed by atoms with E-state index >= 15 is 0 Å². The van der Waals surface area contributed by atoms with Crippen molar-refractivity contribution in [2.45, 2.75) is 45.2 Å². The Morgan fingerprint density at radius 3 is 2.57 bits per heavy atom. The maximum atomic E-state index is 11.4. The molecule has 0 aromatic heterocycles. The molecule has 1 N–H and O–H groups in total. The van der Waals surface area contributed by atoms with E-state index in [0.29, 0.717) is 6.29 Å². The molecule has 0 aromatic carbocycles. The molecule has 1 fully saturated rings. The minimum atomic E-state index is -1.51. The zero-order valence-electron chi connectivity index (χ0n) is 9.79. The molecule has 80 valence electrons. The third kappa shape index (κ3) is 3.77. The van der Waals surface area contributed by atoms with E-state index in [2.05, 4.69) is 5.32 Å². The highest BCUT2D eigenvalue weighted by Crippen LogP contribution is 2.31. The Bertz CT molecular complexity index is 270. The Morgan fingerprint density at radius 2 is 2.21 bits per heavy atom. The van der Waals surface area contributed by atoms with E-state index in [4.69, 9.17) is 6.11 Å². The van der Waals surface area contributed by atoms with Gasteiger partial charge in [0.2, 0.25) is 0 Å². The molecule has 0 radical (unpaired) electrons. The van der Waals surface area contributed by atoms with E-state index in [9.17, 15) is 9.59 Å². The molecular formula is C10H17NO3. The lowest BCUT2D eigenvalue weighted by atomic mass is 10.2. The first-order chi connectivity index (χ1) is 6.77. The van der Waals surface area contributed by atoms with E-state index in [1.165, 1.54) is 0 Å². The predicted molar refractivity (Wildman–Crippen MR) is 51.9 cm³/mol. The van der Waals surface area contributed by atoms with Gasteiger partial charge in [0, 0.05) is 0 Å². The Morgan fingerprint density at radius 1 is 1.64 bits per heavy atom. The standard InChI is InChI=1S/C10H17NO3/c1-10(2,3)14-9(13)11-8(6-12)7-4-5-7/h6-8H,4-5H2,1-3H3,(H,11,13)/i8D. The molecule has 1 saturated carbocycles. The van der Waals surface area contributed by atoms with Crippen molar-refractivity contribution in [3.8, 4) is 0 Å². The van der Waals surface area contributed by atoms with Crippen molar-refractivity contribution in [2.75, 3.05) is 0 Å². The van der Waals surface area contributed by atoms with Crippen molar-refractivity contribution in [1.82, 2.24) is 5.32 Å². The quantitative estimate of drug-likeness (QED) is 0.702. The summed E-state index contributed by atoms with van der Waals surface area (Å²) in [4.78, 5) is 22.1. The summed E-state index contributed by atoms with van der Waals surface area (Å²) in [5.74, 6) is -0.0671. The molecule has 0 spiro atoms. The van der Waals surface area contributed by atoms with Crippen LogP contribution in [0.4, 0.5) is 4.79 Å². The van der Waals surface area contributed by atoms with Gasteiger partial charge in [-0.1, -0.05) is 0 Å². The minimum absolute atomic E-state index is 0.0671. The van der Waals surface area contributed by atoms with Gasteiger partial charge in [-0.05, 0) is 39.5 Å². The van der Waals surface area contributed by atoms with Crippen LogP contribution in [0.15, 0.2) is 0 Å². The van der Waals surface area contributed by atoms with Gasteiger partial charge in [0.05, 0.1) is 7.39 Å². The van der Waals surface area contributed by atoms with Crippen molar-refractivity contribution >= 4 is 12.4 Å². The number of carbonyl (C=O) groups excluding carboxylic acids is 2. The summed E-state index contributed by atoms with van der Waals surface area (Å²) in [7, 11) is 0. The molecule has 1 aliphatic carbocycles. The molecule has 1 atom stereocenters. The molecule has 0 heterocycles. The predicted octanol–water partition coefficient (Wildman–Crippen LogP) is 1.49. The van der Waals surface area contributed by atoms with Crippen molar-refractivity contribution in [1.29, 1.82) is 0 Å². The first-order valence-corrected chi connectivity index (χ1v) is 4.74. The molecule has 1 rings (SSSR count). The van der Waals surface area contributed by atoms with Gasteiger partial charge in [-0.15, -0.1) is 0 Å². The highest BCUT2D eigenvalue weighted by molar-refractivity contribution is 5.73. The minimum Gasteiger partial charge on any atom is -0.444 e. The number of amides is 1. The average Bonchev–Trinajstić information content (AvgIpc) is 2.81. The Balaban J connectivity index is 2.52. The summed E-state index contributed by atoms with van der Waals surface area (Å²) >= 11 is 0. The lowest BCUT2D eigenvalue weighted by Crippen LogP contribution is -2.41. The van der Waals surface area contributed by atoms with E-state index in [0.717, 1.165) is 12.8 Å². The molecule has 1 unspecified atom stereocenters. The van der Waals surface area contributed by atoms with Crippen molar-refractivity contribution in [3.05, 3.63) is 0 Å². The van der Waals surface area contributed by atoms with Crippen LogP contribution in [0.3, 0.4) is 0 Å². The van der Waals surface area contributed by atoms with Crippen LogP contribution >= 0.6 is 0 Å². The molecule has 4 heteroatoms. The Kier molecular flexibility index (Phi) is 2.70. The fourth-order valence-electron chi connectivity index (χ4n) is 1.04. The van der Waals surface area contributed by atoms with Crippen LogP contribution in [-0.4, -0.2) is 24.0 Å². The SMILES string of the molecule is [2H]C(C=O)(NC(=O)OC(C)(C)C)C1CC1. The molecule has 14 heavy (non-hydrogen) atoms. The van der Waals surface area contributed by atoms with E-state index in [1.54, 1.807) is 20.8 Å². The lowest BCUT2D eigenvalue weighted by molar-refractivity contribution is -0.110. The molecule has 1 amide bonds. The van der Waals surface area contributed by atoms with Gasteiger partial charge in [-0.2, -0.15) is 0 Å². The van der Waals surface area contributed by atoms with E-state index in [1.807, 2.05) is 0 Å². The molecule has 0 bridgehead atoms. The van der Waals surface area contributed by atoms with Crippen LogP contribution in [0.2, 0.25) is 0 Å². The molecule has 4 nitrogen and oxygen atoms in total. The highest BCUT2D eigenvalue weighted by Gasteiger charge is 2.33. The number of nitrogens with one attached hydrogen (secondary N) is 1. The summed E-state index contributed by atoms with van der Waals surface area (Å²) in [6.45, 7) is 5.20. The number of alkyl carbamates (subject to hydrolysis) is 1. The zero-order valence-corrected chi connectivity index (χ0v) is 8.79. The molecule has 0 saturated heterocycles. The fraction of sp³-hybridized carbons (Fsp3) is 0.800. The summed E-state index contributed by atoms with van der Waals surface area (Å²) in [6.07, 6.45) is 1.36. The number of hydrogen-bond acceptors (Lipinski definition) is 3. The Hall–Kier alpha value is -1.06. The molecule has 0 aliphatic heterocycles. The van der Waals surface area contributed by atoms with Crippen LogP contribution in [0.5, 0.6) is 0 Å². The summed E-state index contributed by atoms with van der Waals surface area (Å²) in [6, 6.07) is -1.51. The maximum Gasteiger partial charge on any atom is 0.408 e. The summed E-state index contributed by atoms with van der Waals surface area (Å²) < 4.78 is 12.7. The van der Waals surface area contributed by atoms with Crippen molar-refractivity contribution < 1.29 is 15.7 Å². The van der Waals surface area contributed by atoms with Crippen LogP contribution in [-0.2, 0) is 9.53 Å². The molecule has 0 aromatic rings. The third-order valence-electron chi connectivity index (χ3n) is 1.79. The lowest BCUT2D eigenvalue weighted by Gasteiger charge is -2.21. The maximum absolute atomic E-state index is 11.4. The second-order valence-corrected chi connectivity index (χ2v) is 4.47. The smallest absolute Gasteiger partial charge is 0.408 e. The van der Waals surface area contributed by atoms with E-state index in [-0.39, 0.29) is 5.92 Å². The fourth-order valence-corrected chi connectivity index (χ4v) is 1.04. The second kappa shape index (κ2) is 3.98. The highest BCUT2D eigenvalue weighted by atomic mass is 16.6. The molecular weight excluding hydrogens is 182 g/mol. The largest absolute Gasteiger partial charge is 0.444 e. The van der Waals surface area contributed by atoms with Gasteiger partial charge in [-0.3, -0.25) is 0 Å². The number of ether oxygens (including phenoxy) is 1. The monoisotopic (exact) mass is 200 g/mol. The summed E-state index contributed by atoms with van der Waals surface area (Å²) in [5, 5.41) is 2.30. The van der Waals surface area contributed by atoms with Gasteiger partial charge in [0.1, 0.15) is 11.9 Å². The number of hydrogen-bond donors (Lipinski definition) is 1. The van der Waals surface area contributed by atoms with Gasteiger partial charge in [0.25, 0.3) is 0 Å². The topological polar surface area (TPSA) is 55.4 Å². The normalized spacial score (nSPS) is 21.8. The first-order valence-electron chi connectivity index (χ1n) is 5.24. The van der Waals surface area contributed by atoms with Crippen LogP contribution < -0.4 is 5.32 Å². The van der Waals surface area contributed by atoms with Gasteiger partial charge in [0.15, 0.2) is 0 Å². The Labute approximate surface area is 85.4 Å².